The predicted octanol–water partition coefficient (Wildman–Crippen LogP) is 4.15. The fourth-order valence-corrected chi connectivity index (χ4v) is 3.79. The molecular weight excluding hydrogens is 348 g/mol. The number of nitrogens with zero attached hydrogens (tertiary/aromatic N) is 1. The van der Waals surface area contributed by atoms with Crippen molar-refractivity contribution in [1.82, 2.24) is 5.43 Å². The molecule has 1 fully saturated rings. The van der Waals surface area contributed by atoms with E-state index in [0.717, 1.165) is 17.7 Å². The van der Waals surface area contributed by atoms with Gasteiger partial charge in [-0.2, -0.15) is 5.10 Å². The Morgan fingerprint density at radius 1 is 0.964 bits per heavy atom. The van der Waals surface area contributed by atoms with E-state index in [2.05, 4.69) is 34.8 Å². The SMILES string of the molecule is COc1ccc(/C=N\NC(=O)[C@H]2CC2(c2ccccc2)c2ccccc2)cc1. The van der Waals surface area contributed by atoms with Gasteiger partial charge in [0, 0.05) is 5.41 Å². The zero-order chi connectivity index (χ0) is 19.4. The summed E-state index contributed by atoms with van der Waals surface area (Å²) in [5.74, 6) is 0.595. The number of methoxy groups -OCH3 is 1. The topological polar surface area (TPSA) is 50.7 Å². The molecule has 4 nitrogen and oxygen atoms in total. The average Bonchev–Trinajstić information content (AvgIpc) is 3.53. The standard InChI is InChI=1S/C24H22N2O2/c1-28-21-14-12-18(13-15-21)17-25-26-23(27)22-16-24(22,19-8-4-2-5-9-19)20-10-6-3-7-11-20/h2-15,17,22H,16H2,1H3,(H,26,27)/b25-17-/t22-/m1/s1. The second-order valence-electron chi connectivity index (χ2n) is 6.97. The van der Waals surface area contributed by atoms with E-state index in [0.29, 0.717) is 0 Å². The van der Waals surface area contributed by atoms with Crippen molar-refractivity contribution in [3.8, 4) is 5.75 Å². The van der Waals surface area contributed by atoms with Crippen molar-refractivity contribution in [3.63, 3.8) is 0 Å². The van der Waals surface area contributed by atoms with Gasteiger partial charge in [-0.3, -0.25) is 4.79 Å². The zero-order valence-electron chi connectivity index (χ0n) is 15.7. The summed E-state index contributed by atoms with van der Waals surface area (Å²) in [4.78, 5) is 12.8. The second-order valence-corrected chi connectivity index (χ2v) is 6.97. The van der Waals surface area contributed by atoms with Gasteiger partial charge in [0.25, 0.3) is 0 Å². The summed E-state index contributed by atoms with van der Waals surface area (Å²) in [6.07, 6.45) is 2.43. The minimum absolute atomic E-state index is 0.0579. The third kappa shape index (κ3) is 3.41. The maximum Gasteiger partial charge on any atom is 0.244 e. The first-order chi connectivity index (χ1) is 13.7. The molecule has 0 heterocycles. The largest absolute Gasteiger partial charge is 0.497 e. The first kappa shape index (κ1) is 18.0. The van der Waals surface area contributed by atoms with Crippen LogP contribution in [0.15, 0.2) is 90.0 Å². The molecule has 0 unspecified atom stereocenters. The molecule has 0 spiro atoms. The summed E-state index contributed by atoms with van der Waals surface area (Å²) in [5, 5.41) is 4.15. The first-order valence-corrected chi connectivity index (χ1v) is 9.32. The highest BCUT2D eigenvalue weighted by Gasteiger charge is 2.60. The highest BCUT2D eigenvalue weighted by atomic mass is 16.5. The highest BCUT2D eigenvalue weighted by Crippen LogP contribution is 2.58. The minimum Gasteiger partial charge on any atom is -0.497 e. The van der Waals surface area contributed by atoms with Crippen LogP contribution in [0.5, 0.6) is 5.75 Å². The van der Waals surface area contributed by atoms with E-state index in [1.54, 1.807) is 13.3 Å². The number of hydrogen-bond donors (Lipinski definition) is 1. The molecule has 0 aromatic heterocycles. The number of benzene rings is 3. The van der Waals surface area contributed by atoms with Crippen LogP contribution in [-0.2, 0) is 10.2 Å². The number of hydrazone groups is 1. The van der Waals surface area contributed by atoms with E-state index in [1.165, 1.54) is 11.1 Å². The van der Waals surface area contributed by atoms with Crippen molar-refractivity contribution >= 4 is 12.1 Å². The molecule has 0 saturated heterocycles. The van der Waals surface area contributed by atoms with Crippen LogP contribution in [0.25, 0.3) is 0 Å². The van der Waals surface area contributed by atoms with E-state index in [4.69, 9.17) is 4.74 Å². The third-order valence-corrected chi connectivity index (χ3v) is 5.36. The Morgan fingerprint density at radius 3 is 2.07 bits per heavy atom. The lowest BCUT2D eigenvalue weighted by atomic mass is 9.85. The van der Waals surface area contributed by atoms with Crippen molar-refractivity contribution < 1.29 is 9.53 Å². The Kier molecular flexibility index (Phi) is 4.94. The molecule has 1 atom stereocenters. The average molecular weight is 370 g/mol. The van der Waals surface area contributed by atoms with E-state index in [9.17, 15) is 4.79 Å². The smallest absolute Gasteiger partial charge is 0.244 e. The van der Waals surface area contributed by atoms with Gasteiger partial charge in [0.1, 0.15) is 5.75 Å². The molecule has 4 rings (SSSR count). The van der Waals surface area contributed by atoms with Gasteiger partial charge in [-0.1, -0.05) is 60.7 Å². The molecule has 1 aliphatic carbocycles. The van der Waals surface area contributed by atoms with Gasteiger partial charge in [-0.25, -0.2) is 5.43 Å². The van der Waals surface area contributed by atoms with Crippen molar-refractivity contribution in [3.05, 3.63) is 102 Å². The van der Waals surface area contributed by atoms with Crippen molar-refractivity contribution in [1.29, 1.82) is 0 Å². The number of hydrogen-bond acceptors (Lipinski definition) is 3. The van der Waals surface area contributed by atoms with Crippen molar-refractivity contribution in [2.45, 2.75) is 11.8 Å². The monoisotopic (exact) mass is 370 g/mol. The Morgan fingerprint density at radius 2 is 1.54 bits per heavy atom. The number of ether oxygens (including phenoxy) is 1. The molecule has 3 aromatic carbocycles. The quantitative estimate of drug-likeness (QED) is 0.523. The first-order valence-electron chi connectivity index (χ1n) is 9.32. The van der Waals surface area contributed by atoms with E-state index in [-0.39, 0.29) is 17.2 Å². The highest BCUT2D eigenvalue weighted by molar-refractivity contribution is 5.87. The zero-order valence-corrected chi connectivity index (χ0v) is 15.7. The Balaban J connectivity index is 1.50. The number of rotatable bonds is 6. The van der Waals surface area contributed by atoms with E-state index >= 15 is 0 Å². The lowest BCUT2D eigenvalue weighted by molar-refractivity contribution is -0.122. The molecule has 0 aliphatic heterocycles. The Hall–Kier alpha value is -3.40. The summed E-state index contributed by atoms with van der Waals surface area (Å²) in [6.45, 7) is 0. The molecule has 1 aliphatic rings. The van der Waals surface area contributed by atoms with Gasteiger partial charge < -0.3 is 4.74 Å². The Labute approximate surface area is 164 Å². The van der Waals surface area contributed by atoms with Gasteiger partial charge in [0.2, 0.25) is 5.91 Å². The summed E-state index contributed by atoms with van der Waals surface area (Å²) >= 11 is 0. The van der Waals surface area contributed by atoms with Crippen LogP contribution < -0.4 is 10.2 Å². The third-order valence-electron chi connectivity index (χ3n) is 5.36. The maximum absolute atomic E-state index is 12.8. The summed E-state index contributed by atoms with van der Waals surface area (Å²) in [7, 11) is 1.63. The van der Waals surface area contributed by atoms with Crippen LogP contribution in [0.3, 0.4) is 0 Å². The van der Waals surface area contributed by atoms with E-state index < -0.39 is 0 Å². The molecule has 4 heteroatoms. The molecular formula is C24H22N2O2. The lowest BCUT2D eigenvalue weighted by Gasteiger charge is -2.18. The molecule has 0 bridgehead atoms. The fraction of sp³-hybridized carbons (Fsp3) is 0.167. The molecule has 1 saturated carbocycles. The molecule has 1 amide bonds. The van der Waals surface area contributed by atoms with Gasteiger partial charge in [-0.15, -0.1) is 0 Å². The fourth-order valence-electron chi connectivity index (χ4n) is 3.79. The lowest BCUT2D eigenvalue weighted by Crippen LogP contribution is -2.25. The molecule has 1 N–H and O–H groups in total. The molecule has 3 aromatic rings. The van der Waals surface area contributed by atoms with Crippen molar-refractivity contribution in [2.24, 2.45) is 11.0 Å². The predicted molar refractivity (Wildman–Crippen MR) is 111 cm³/mol. The maximum atomic E-state index is 12.8. The molecule has 0 radical (unpaired) electrons. The van der Waals surface area contributed by atoms with Crippen LogP contribution in [0.4, 0.5) is 0 Å². The number of carbonyl (C=O) groups excluding carboxylic acids is 1. The normalized spacial score (nSPS) is 17.2. The van der Waals surface area contributed by atoms with Crippen LogP contribution in [0, 0.1) is 5.92 Å². The summed E-state index contributed by atoms with van der Waals surface area (Å²) < 4.78 is 5.14. The van der Waals surface area contributed by atoms with Gasteiger partial charge in [-0.05, 0) is 47.4 Å². The van der Waals surface area contributed by atoms with Crippen LogP contribution in [-0.4, -0.2) is 19.2 Å². The summed E-state index contributed by atoms with van der Waals surface area (Å²) in [6, 6.07) is 28.0. The Bertz CT molecular complexity index is 927. The number of amides is 1. The van der Waals surface area contributed by atoms with Crippen LogP contribution in [0.1, 0.15) is 23.1 Å². The number of carbonyl (C=O) groups is 1. The van der Waals surface area contributed by atoms with Gasteiger partial charge in [0.15, 0.2) is 0 Å². The van der Waals surface area contributed by atoms with Gasteiger partial charge in [0.05, 0.1) is 19.2 Å². The van der Waals surface area contributed by atoms with Crippen LogP contribution >= 0.6 is 0 Å². The minimum atomic E-state index is -0.276. The van der Waals surface area contributed by atoms with Crippen molar-refractivity contribution in [2.75, 3.05) is 7.11 Å². The molecule has 28 heavy (non-hydrogen) atoms. The van der Waals surface area contributed by atoms with Crippen LogP contribution in [0.2, 0.25) is 0 Å². The molecule has 140 valence electrons. The summed E-state index contributed by atoms with van der Waals surface area (Å²) in [5.41, 5.74) is 5.67. The second kappa shape index (κ2) is 7.69. The van der Waals surface area contributed by atoms with E-state index in [1.807, 2.05) is 60.7 Å². The van der Waals surface area contributed by atoms with Gasteiger partial charge >= 0.3 is 0 Å². The number of nitrogens with one attached hydrogen (secondary N) is 1.